The van der Waals surface area contributed by atoms with Crippen LogP contribution in [0.5, 0.6) is 0 Å². The van der Waals surface area contributed by atoms with Crippen molar-refractivity contribution in [1.29, 1.82) is 0 Å². The van der Waals surface area contributed by atoms with Crippen molar-refractivity contribution < 1.29 is 4.79 Å². The molecule has 1 N–H and O–H groups in total. The molecule has 2 rings (SSSR count). The monoisotopic (exact) mass is 189 g/mol. The van der Waals surface area contributed by atoms with Crippen LogP contribution >= 0.6 is 12.4 Å². The first-order valence-corrected chi connectivity index (χ1v) is 4.52. The van der Waals surface area contributed by atoms with Crippen LogP contribution < -0.4 is 5.32 Å². The molecule has 2 nitrogen and oxygen atoms in total. The minimum absolute atomic E-state index is 0. The summed E-state index contributed by atoms with van der Waals surface area (Å²) in [6.07, 6.45) is 4.55. The van der Waals surface area contributed by atoms with Crippen LogP contribution in [0.25, 0.3) is 0 Å². The zero-order valence-electron chi connectivity index (χ0n) is 7.43. The van der Waals surface area contributed by atoms with Gasteiger partial charge in [0.25, 0.3) is 0 Å². The Balaban J connectivity index is 0.000000720. The number of hydrogen-bond acceptors (Lipinski definition) is 2. The van der Waals surface area contributed by atoms with E-state index in [0.29, 0.717) is 11.7 Å². The maximum absolute atomic E-state index is 11.5. The third kappa shape index (κ3) is 1.27. The normalized spacial score (nSPS) is 35.9. The zero-order chi connectivity index (χ0) is 7.90. The molecule has 0 radical (unpaired) electrons. The van der Waals surface area contributed by atoms with Gasteiger partial charge in [-0.2, -0.15) is 0 Å². The van der Waals surface area contributed by atoms with Gasteiger partial charge in [-0.05, 0) is 25.7 Å². The topological polar surface area (TPSA) is 29.1 Å². The predicted molar refractivity (Wildman–Crippen MR) is 50.6 cm³/mol. The molecule has 0 amide bonds. The Bertz CT molecular complexity index is 191. The molecule has 0 spiro atoms. The predicted octanol–water partition coefficient (Wildman–Crippen LogP) is 1.53. The van der Waals surface area contributed by atoms with Gasteiger partial charge in [-0.1, -0.05) is 6.42 Å². The van der Waals surface area contributed by atoms with Crippen LogP contribution in [0.1, 0.15) is 32.6 Å². The van der Waals surface area contributed by atoms with Crippen molar-refractivity contribution in [2.45, 2.75) is 38.1 Å². The summed E-state index contributed by atoms with van der Waals surface area (Å²) in [6.45, 7) is 2.97. The molecule has 0 aromatic carbocycles. The second-order valence-electron chi connectivity index (χ2n) is 3.93. The van der Waals surface area contributed by atoms with E-state index in [1.807, 2.05) is 0 Å². The fourth-order valence-electron chi connectivity index (χ4n) is 2.15. The van der Waals surface area contributed by atoms with Crippen molar-refractivity contribution in [2.24, 2.45) is 5.92 Å². The van der Waals surface area contributed by atoms with Crippen LogP contribution in [0.15, 0.2) is 0 Å². The summed E-state index contributed by atoms with van der Waals surface area (Å²) in [7, 11) is 0. The van der Waals surface area contributed by atoms with Crippen LogP contribution in [0.4, 0.5) is 0 Å². The summed E-state index contributed by atoms with van der Waals surface area (Å²) in [5.41, 5.74) is -0.141. The summed E-state index contributed by atoms with van der Waals surface area (Å²) >= 11 is 0. The second kappa shape index (κ2) is 3.35. The summed E-state index contributed by atoms with van der Waals surface area (Å²) in [4.78, 5) is 11.5. The number of ketones is 1. The molecule has 0 aromatic rings. The molecule has 1 aliphatic carbocycles. The fraction of sp³-hybridized carbons (Fsp3) is 0.889. The van der Waals surface area contributed by atoms with Crippen molar-refractivity contribution in [1.82, 2.24) is 5.32 Å². The van der Waals surface area contributed by atoms with Crippen molar-refractivity contribution >= 4 is 18.2 Å². The number of rotatable bonds is 1. The van der Waals surface area contributed by atoms with Crippen LogP contribution in [-0.2, 0) is 4.79 Å². The molecule has 1 unspecified atom stereocenters. The van der Waals surface area contributed by atoms with E-state index in [1.54, 1.807) is 0 Å². The molecule has 0 bridgehead atoms. The van der Waals surface area contributed by atoms with E-state index in [2.05, 4.69) is 12.2 Å². The molecule has 3 heteroatoms. The molecule has 12 heavy (non-hydrogen) atoms. The Morgan fingerprint density at radius 1 is 1.50 bits per heavy atom. The number of hydrogen-bond donors (Lipinski definition) is 1. The van der Waals surface area contributed by atoms with E-state index in [9.17, 15) is 4.79 Å². The van der Waals surface area contributed by atoms with E-state index < -0.39 is 0 Å². The SMILES string of the molecule is CC1(C2CCC2)NCCC1=O.Cl. The van der Waals surface area contributed by atoms with Crippen molar-refractivity contribution in [2.75, 3.05) is 6.54 Å². The van der Waals surface area contributed by atoms with E-state index in [0.717, 1.165) is 13.0 Å². The molecule has 1 heterocycles. The van der Waals surface area contributed by atoms with Crippen molar-refractivity contribution in [3.63, 3.8) is 0 Å². The smallest absolute Gasteiger partial charge is 0.154 e. The van der Waals surface area contributed by atoms with E-state index >= 15 is 0 Å². The lowest BCUT2D eigenvalue weighted by molar-refractivity contribution is -0.124. The Morgan fingerprint density at radius 2 is 2.17 bits per heavy atom. The number of carbonyl (C=O) groups is 1. The van der Waals surface area contributed by atoms with Gasteiger partial charge in [0.15, 0.2) is 5.78 Å². The fourth-order valence-corrected chi connectivity index (χ4v) is 2.15. The van der Waals surface area contributed by atoms with Crippen molar-refractivity contribution in [3.05, 3.63) is 0 Å². The highest BCUT2D eigenvalue weighted by Crippen LogP contribution is 2.38. The highest BCUT2D eigenvalue weighted by molar-refractivity contribution is 5.90. The first-order valence-electron chi connectivity index (χ1n) is 4.52. The summed E-state index contributed by atoms with van der Waals surface area (Å²) in [5, 5.41) is 3.34. The van der Waals surface area contributed by atoms with Gasteiger partial charge < -0.3 is 5.32 Å². The van der Waals surface area contributed by atoms with Crippen molar-refractivity contribution in [3.8, 4) is 0 Å². The molecule has 1 saturated carbocycles. The lowest BCUT2D eigenvalue weighted by atomic mass is 9.70. The molecule has 0 aromatic heterocycles. The van der Waals surface area contributed by atoms with Gasteiger partial charge in [0.2, 0.25) is 0 Å². The average Bonchev–Trinajstić information content (AvgIpc) is 2.09. The molecule has 1 aliphatic heterocycles. The standard InChI is InChI=1S/C9H15NO.ClH/c1-9(7-3-2-4-7)8(11)5-6-10-9;/h7,10H,2-6H2,1H3;1H. The van der Waals surface area contributed by atoms with Gasteiger partial charge in [0.1, 0.15) is 0 Å². The van der Waals surface area contributed by atoms with Crippen LogP contribution in [-0.4, -0.2) is 17.9 Å². The molecule has 1 atom stereocenters. The molecular weight excluding hydrogens is 174 g/mol. The minimum atomic E-state index is -0.141. The van der Waals surface area contributed by atoms with Gasteiger partial charge in [0, 0.05) is 13.0 Å². The van der Waals surface area contributed by atoms with Gasteiger partial charge in [-0.25, -0.2) is 0 Å². The molecule has 1 saturated heterocycles. The van der Waals surface area contributed by atoms with Crippen LogP contribution in [0.3, 0.4) is 0 Å². The van der Waals surface area contributed by atoms with Crippen LogP contribution in [0.2, 0.25) is 0 Å². The number of Topliss-reactive ketones (excluding diaryl/α,β-unsaturated/α-hetero) is 1. The van der Waals surface area contributed by atoms with Gasteiger partial charge in [-0.15, -0.1) is 12.4 Å². The zero-order valence-corrected chi connectivity index (χ0v) is 8.25. The molecule has 2 fully saturated rings. The Morgan fingerprint density at radius 3 is 2.50 bits per heavy atom. The first-order chi connectivity index (χ1) is 5.23. The summed E-state index contributed by atoms with van der Waals surface area (Å²) in [6, 6.07) is 0. The minimum Gasteiger partial charge on any atom is -0.304 e. The van der Waals surface area contributed by atoms with E-state index in [4.69, 9.17) is 0 Å². The number of nitrogens with one attached hydrogen (secondary N) is 1. The largest absolute Gasteiger partial charge is 0.304 e. The summed E-state index contributed by atoms with van der Waals surface area (Å²) in [5.74, 6) is 1.07. The average molecular weight is 190 g/mol. The lowest BCUT2D eigenvalue weighted by Crippen LogP contribution is -2.51. The quantitative estimate of drug-likeness (QED) is 0.678. The Hall–Kier alpha value is -0.0800. The van der Waals surface area contributed by atoms with Gasteiger partial charge in [-0.3, -0.25) is 4.79 Å². The maximum atomic E-state index is 11.5. The second-order valence-corrected chi connectivity index (χ2v) is 3.93. The highest BCUT2D eigenvalue weighted by atomic mass is 35.5. The summed E-state index contributed by atoms with van der Waals surface area (Å²) < 4.78 is 0. The lowest BCUT2D eigenvalue weighted by Gasteiger charge is -2.39. The third-order valence-electron chi connectivity index (χ3n) is 3.35. The molecule has 70 valence electrons. The number of halogens is 1. The van der Waals surface area contributed by atoms with E-state index in [-0.39, 0.29) is 17.9 Å². The highest BCUT2D eigenvalue weighted by Gasteiger charge is 2.45. The first kappa shape index (κ1) is 10.0. The van der Waals surface area contributed by atoms with Crippen LogP contribution in [0, 0.1) is 5.92 Å². The van der Waals surface area contributed by atoms with Gasteiger partial charge >= 0.3 is 0 Å². The van der Waals surface area contributed by atoms with E-state index in [1.165, 1.54) is 19.3 Å². The maximum Gasteiger partial charge on any atom is 0.154 e. The Kier molecular flexibility index (Phi) is 2.79. The Labute approximate surface area is 79.5 Å². The van der Waals surface area contributed by atoms with Gasteiger partial charge in [0.05, 0.1) is 5.54 Å². The number of carbonyl (C=O) groups excluding carboxylic acids is 1. The molecule has 2 aliphatic rings. The molecular formula is C9H16ClNO. The third-order valence-corrected chi connectivity index (χ3v) is 3.35.